The highest BCUT2D eigenvalue weighted by atomic mass is 32.1. The molecule has 1 aromatic heterocycles. The number of carbonyl (C=O) groups excluding carboxylic acids is 1. The number of rotatable bonds is 3. The Labute approximate surface area is 120 Å². The van der Waals surface area contributed by atoms with Crippen molar-refractivity contribution in [1.82, 2.24) is 4.57 Å². The fraction of sp³-hybridized carbons (Fsp3) is 0.167. The van der Waals surface area contributed by atoms with Crippen LogP contribution in [0.4, 0.5) is 24.5 Å². The molecule has 21 heavy (non-hydrogen) atoms. The first kappa shape index (κ1) is 15.1. The van der Waals surface area contributed by atoms with E-state index >= 15 is 0 Å². The number of hydrogen-bond acceptors (Lipinski definition) is 4. The predicted molar refractivity (Wildman–Crippen MR) is 73.1 cm³/mol. The first-order chi connectivity index (χ1) is 9.77. The van der Waals surface area contributed by atoms with Crippen molar-refractivity contribution in [1.29, 1.82) is 0 Å². The van der Waals surface area contributed by atoms with Crippen LogP contribution in [0.2, 0.25) is 0 Å². The summed E-state index contributed by atoms with van der Waals surface area (Å²) in [6, 6.07) is 3.08. The Hall–Kier alpha value is -2.29. The quantitative estimate of drug-likeness (QED) is 0.852. The van der Waals surface area contributed by atoms with Gasteiger partial charge in [-0.1, -0.05) is 11.3 Å². The second-order valence-electron chi connectivity index (χ2n) is 4.14. The average molecular weight is 317 g/mol. The largest absolute Gasteiger partial charge is 0.418 e. The Balaban J connectivity index is 2.15. The molecule has 1 amide bonds. The van der Waals surface area contributed by atoms with E-state index in [4.69, 9.17) is 5.73 Å². The van der Waals surface area contributed by atoms with Crippen molar-refractivity contribution >= 4 is 28.6 Å². The van der Waals surface area contributed by atoms with Gasteiger partial charge in [0, 0.05) is 23.0 Å². The summed E-state index contributed by atoms with van der Waals surface area (Å²) in [7, 11) is 0. The van der Waals surface area contributed by atoms with Crippen molar-refractivity contribution < 1.29 is 18.0 Å². The Morgan fingerprint density at radius 3 is 2.67 bits per heavy atom. The number of benzene rings is 1. The minimum Gasteiger partial charge on any atom is -0.398 e. The molecule has 1 aromatic carbocycles. The normalized spacial score (nSPS) is 11.4. The van der Waals surface area contributed by atoms with E-state index in [1.165, 1.54) is 17.6 Å². The number of hydrogen-bond donors (Lipinski definition) is 2. The summed E-state index contributed by atoms with van der Waals surface area (Å²) in [6.45, 7) is -0.270. The van der Waals surface area contributed by atoms with E-state index in [9.17, 15) is 22.8 Å². The van der Waals surface area contributed by atoms with Gasteiger partial charge < -0.3 is 11.1 Å². The first-order valence-electron chi connectivity index (χ1n) is 5.68. The molecule has 0 radical (unpaired) electrons. The van der Waals surface area contributed by atoms with Crippen LogP contribution in [0.25, 0.3) is 0 Å². The number of aromatic nitrogens is 1. The van der Waals surface area contributed by atoms with Gasteiger partial charge in [-0.15, -0.1) is 0 Å². The molecule has 0 bridgehead atoms. The van der Waals surface area contributed by atoms with Crippen molar-refractivity contribution in [3.8, 4) is 0 Å². The Morgan fingerprint density at radius 2 is 2.10 bits per heavy atom. The lowest BCUT2D eigenvalue weighted by atomic mass is 10.1. The minimum absolute atomic E-state index is 0.0372. The van der Waals surface area contributed by atoms with E-state index < -0.39 is 23.3 Å². The molecule has 2 aromatic rings. The van der Waals surface area contributed by atoms with E-state index in [0.29, 0.717) is 0 Å². The molecule has 0 unspecified atom stereocenters. The van der Waals surface area contributed by atoms with Crippen LogP contribution in [0.1, 0.15) is 5.56 Å². The molecular weight excluding hydrogens is 307 g/mol. The lowest BCUT2D eigenvalue weighted by molar-refractivity contribution is -0.136. The SMILES string of the molecule is Nc1ccc(NC(=O)Cn2ccsc2=O)cc1C(F)(F)F. The third kappa shape index (κ3) is 3.63. The molecule has 0 saturated carbocycles. The van der Waals surface area contributed by atoms with Crippen LogP contribution in [0.5, 0.6) is 0 Å². The van der Waals surface area contributed by atoms with Gasteiger partial charge in [-0.25, -0.2) is 0 Å². The standard InChI is InChI=1S/C12H10F3N3O2S/c13-12(14,15)8-5-7(1-2-9(8)16)17-10(19)6-18-3-4-21-11(18)20/h1-5H,6,16H2,(H,17,19). The molecule has 1 heterocycles. The molecular formula is C12H10F3N3O2S. The van der Waals surface area contributed by atoms with Crippen molar-refractivity contribution in [3.05, 3.63) is 45.0 Å². The van der Waals surface area contributed by atoms with Gasteiger partial charge in [-0.3, -0.25) is 14.2 Å². The van der Waals surface area contributed by atoms with Crippen LogP contribution in [0.15, 0.2) is 34.6 Å². The highest BCUT2D eigenvalue weighted by Crippen LogP contribution is 2.35. The second-order valence-corrected chi connectivity index (χ2v) is 5.00. The molecule has 5 nitrogen and oxygen atoms in total. The van der Waals surface area contributed by atoms with Crippen molar-refractivity contribution in [3.63, 3.8) is 0 Å². The van der Waals surface area contributed by atoms with Crippen LogP contribution >= 0.6 is 11.3 Å². The van der Waals surface area contributed by atoms with Gasteiger partial charge in [0.15, 0.2) is 0 Å². The summed E-state index contributed by atoms with van der Waals surface area (Å²) in [6.07, 6.45) is -3.17. The number of thiazole rings is 1. The number of amides is 1. The van der Waals surface area contributed by atoms with E-state index in [-0.39, 0.29) is 17.1 Å². The van der Waals surface area contributed by atoms with E-state index in [1.807, 2.05) is 0 Å². The van der Waals surface area contributed by atoms with Gasteiger partial charge in [0.05, 0.1) is 5.56 Å². The summed E-state index contributed by atoms with van der Waals surface area (Å²) < 4.78 is 39.2. The molecule has 2 rings (SSSR count). The zero-order valence-electron chi connectivity index (χ0n) is 10.5. The summed E-state index contributed by atoms with van der Waals surface area (Å²) in [5, 5.41) is 3.81. The maximum Gasteiger partial charge on any atom is 0.418 e. The number of anilines is 2. The smallest absolute Gasteiger partial charge is 0.398 e. The maximum atomic E-state index is 12.7. The number of nitrogens with zero attached hydrogens (tertiary/aromatic N) is 1. The number of nitrogen functional groups attached to an aromatic ring is 1. The topological polar surface area (TPSA) is 77.1 Å². The fourth-order valence-electron chi connectivity index (χ4n) is 1.64. The summed E-state index contributed by atoms with van der Waals surface area (Å²) in [5.74, 6) is -0.603. The highest BCUT2D eigenvalue weighted by molar-refractivity contribution is 7.07. The lowest BCUT2D eigenvalue weighted by Crippen LogP contribution is -2.24. The summed E-state index contributed by atoms with van der Waals surface area (Å²) in [5.41, 5.74) is 3.78. The molecule has 0 aliphatic rings. The Morgan fingerprint density at radius 1 is 1.38 bits per heavy atom. The summed E-state index contributed by atoms with van der Waals surface area (Å²) in [4.78, 5) is 22.7. The minimum atomic E-state index is -4.60. The number of halogens is 3. The Bertz CT molecular complexity index is 721. The van der Waals surface area contributed by atoms with Gasteiger partial charge >= 0.3 is 11.0 Å². The monoisotopic (exact) mass is 317 g/mol. The van der Waals surface area contributed by atoms with Crippen LogP contribution in [0.3, 0.4) is 0 Å². The van der Waals surface area contributed by atoms with Crippen LogP contribution in [0, 0.1) is 0 Å². The third-order valence-corrected chi connectivity index (χ3v) is 3.29. The van der Waals surface area contributed by atoms with Gasteiger partial charge in [-0.2, -0.15) is 13.2 Å². The van der Waals surface area contributed by atoms with E-state index in [1.54, 1.807) is 0 Å². The molecule has 112 valence electrons. The average Bonchev–Trinajstić information content (AvgIpc) is 2.76. The molecule has 0 aliphatic carbocycles. The highest BCUT2D eigenvalue weighted by Gasteiger charge is 2.33. The zero-order chi connectivity index (χ0) is 15.6. The number of alkyl halides is 3. The van der Waals surface area contributed by atoms with Gasteiger partial charge in [0.25, 0.3) is 0 Å². The van der Waals surface area contributed by atoms with Crippen molar-refractivity contribution in [2.45, 2.75) is 12.7 Å². The lowest BCUT2D eigenvalue weighted by Gasteiger charge is -2.12. The molecule has 9 heteroatoms. The second kappa shape index (κ2) is 5.60. The molecule has 0 aliphatic heterocycles. The Kier molecular flexibility index (Phi) is 4.03. The molecule has 0 fully saturated rings. The maximum absolute atomic E-state index is 12.7. The molecule has 3 N–H and O–H groups in total. The number of nitrogens with two attached hydrogens (primary N) is 1. The van der Waals surface area contributed by atoms with Gasteiger partial charge in [-0.05, 0) is 18.2 Å². The molecule has 0 atom stereocenters. The van der Waals surface area contributed by atoms with E-state index in [2.05, 4.69) is 5.32 Å². The fourth-order valence-corrected chi connectivity index (χ4v) is 2.23. The number of nitrogens with one attached hydrogen (secondary N) is 1. The van der Waals surface area contributed by atoms with Gasteiger partial charge in [0.2, 0.25) is 5.91 Å². The van der Waals surface area contributed by atoms with Crippen molar-refractivity contribution in [2.24, 2.45) is 0 Å². The first-order valence-corrected chi connectivity index (χ1v) is 6.56. The summed E-state index contributed by atoms with van der Waals surface area (Å²) >= 11 is 0.923. The van der Waals surface area contributed by atoms with Crippen molar-refractivity contribution in [2.75, 3.05) is 11.1 Å². The third-order valence-electron chi connectivity index (χ3n) is 2.60. The van der Waals surface area contributed by atoms with E-state index in [0.717, 1.165) is 28.0 Å². The molecule has 0 spiro atoms. The van der Waals surface area contributed by atoms with Crippen LogP contribution in [-0.2, 0) is 17.5 Å². The zero-order valence-corrected chi connectivity index (χ0v) is 11.3. The molecule has 0 saturated heterocycles. The predicted octanol–water partition coefficient (Wildman–Crippen LogP) is 2.15. The van der Waals surface area contributed by atoms with Crippen LogP contribution < -0.4 is 15.9 Å². The van der Waals surface area contributed by atoms with Crippen LogP contribution in [-0.4, -0.2) is 10.5 Å². The number of carbonyl (C=O) groups is 1. The van der Waals surface area contributed by atoms with Gasteiger partial charge in [0.1, 0.15) is 6.54 Å².